The molecular weight excluding hydrogens is 330 g/mol. The van der Waals surface area contributed by atoms with Gasteiger partial charge in [0.25, 0.3) is 0 Å². The number of hydrogen-bond donors (Lipinski definition) is 0. The van der Waals surface area contributed by atoms with E-state index >= 15 is 0 Å². The summed E-state index contributed by atoms with van der Waals surface area (Å²) in [5.74, 6) is -0.779. The Hall–Kier alpha value is -1.66. The lowest BCUT2D eigenvalue weighted by atomic mass is 10.1. The van der Waals surface area contributed by atoms with Gasteiger partial charge in [-0.3, -0.25) is 0 Å². The fourth-order valence-corrected chi connectivity index (χ4v) is 2.46. The van der Waals surface area contributed by atoms with Crippen molar-refractivity contribution in [1.29, 1.82) is 0 Å². The molecular formula is C13H8Cl2F3NO2. The molecule has 0 unspecified atom stereocenters. The van der Waals surface area contributed by atoms with Gasteiger partial charge in [-0.1, -0.05) is 23.2 Å². The fourth-order valence-electron chi connectivity index (χ4n) is 1.87. The van der Waals surface area contributed by atoms with Crippen molar-refractivity contribution in [2.75, 3.05) is 7.11 Å². The Kier molecular flexibility index (Phi) is 4.20. The van der Waals surface area contributed by atoms with Gasteiger partial charge in [0.15, 0.2) is 0 Å². The molecule has 0 fully saturated rings. The summed E-state index contributed by atoms with van der Waals surface area (Å²) < 4.78 is 45.1. The number of hydrogen-bond acceptors (Lipinski definition) is 2. The van der Waals surface area contributed by atoms with Gasteiger partial charge in [-0.2, -0.15) is 13.2 Å². The lowest BCUT2D eigenvalue weighted by Crippen LogP contribution is -2.15. The third-order valence-corrected chi connectivity index (χ3v) is 3.22. The van der Waals surface area contributed by atoms with E-state index in [-0.39, 0.29) is 21.4 Å². The topological polar surface area (TPSA) is 31.2 Å². The first kappa shape index (κ1) is 15.7. The highest BCUT2D eigenvalue weighted by Crippen LogP contribution is 2.40. The number of alkyl halides is 3. The zero-order valence-electron chi connectivity index (χ0n) is 10.5. The average Bonchev–Trinajstić information content (AvgIpc) is 2.84. The molecule has 0 bridgehead atoms. The Morgan fingerprint density at radius 1 is 1.29 bits per heavy atom. The number of carbonyl (C=O) groups excluding carboxylic acids is 1. The lowest BCUT2D eigenvalue weighted by Gasteiger charge is -2.17. The van der Waals surface area contributed by atoms with Crippen molar-refractivity contribution < 1.29 is 22.7 Å². The Balaban J connectivity index is 2.76. The van der Waals surface area contributed by atoms with Crippen LogP contribution in [0.25, 0.3) is 5.69 Å². The number of benzene rings is 1. The van der Waals surface area contributed by atoms with E-state index in [0.717, 1.165) is 17.7 Å². The van der Waals surface area contributed by atoms with Crippen LogP contribution < -0.4 is 0 Å². The first-order chi connectivity index (χ1) is 9.75. The van der Waals surface area contributed by atoms with Gasteiger partial charge >= 0.3 is 12.1 Å². The molecule has 0 amide bonds. The minimum Gasteiger partial charge on any atom is -0.464 e. The SMILES string of the molecule is COC(=O)c1cccn1-c1c(Cl)cc(Cl)cc1C(F)(F)F. The van der Waals surface area contributed by atoms with Crippen LogP contribution in [0.3, 0.4) is 0 Å². The molecule has 0 aliphatic heterocycles. The molecule has 8 heteroatoms. The lowest BCUT2D eigenvalue weighted by molar-refractivity contribution is -0.137. The highest BCUT2D eigenvalue weighted by Gasteiger charge is 2.36. The quantitative estimate of drug-likeness (QED) is 0.750. The summed E-state index contributed by atoms with van der Waals surface area (Å²) in [6.07, 6.45) is -3.39. The van der Waals surface area contributed by atoms with E-state index in [1.807, 2.05) is 0 Å². The minimum atomic E-state index is -4.68. The highest BCUT2D eigenvalue weighted by molar-refractivity contribution is 6.36. The van der Waals surface area contributed by atoms with Gasteiger partial charge in [-0.15, -0.1) is 0 Å². The van der Waals surface area contributed by atoms with Gasteiger partial charge in [0, 0.05) is 11.2 Å². The maximum atomic E-state index is 13.2. The Morgan fingerprint density at radius 3 is 2.52 bits per heavy atom. The second kappa shape index (κ2) is 5.61. The van der Waals surface area contributed by atoms with Crippen molar-refractivity contribution in [2.45, 2.75) is 6.18 Å². The molecule has 0 radical (unpaired) electrons. The van der Waals surface area contributed by atoms with Crippen molar-refractivity contribution in [2.24, 2.45) is 0 Å². The summed E-state index contributed by atoms with van der Waals surface area (Å²) in [4.78, 5) is 11.6. The number of rotatable bonds is 2. The predicted molar refractivity (Wildman–Crippen MR) is 72.1 cm³/mol. The third-order valence-electron chi connectivity index (χ3n) is 2.72. The number of carbonyl (C=O) groups is 1. The molecule has 1 aromatic heterocycles. The van der Waals surface area contributed by atoms with Gasteiger partial charge in [0.2, 0.25) is 0 Å². The first-order valence-corrected chi connectivity index (χ1v) is 6.33. The first-order valence-electron chi connectivity index (χ1n) is 5.58. The van der Waals surface area contributed by atoms with E-state index in [1.165, 1.54) is 24.4 Å². The molecule has 1 heterocycles. The molecule has 0 atom stereocenters. The van der Waals surface area contributed by atoms with E-state index in [0.29, 0.717) is 0 Å². The van der Waals surface area contributed by atoms with Gasteiger partial charge in [0.1, 0.15) is 5.69 Å². The van der Waals surface area contributed by atoms with E-state index in [2.05, 4.69) is 4.74 Å². The molecule has 0 aliphatic carbocycles. The highest BCUT2D eigenvalue weighted by atomic mass is 35.5. The van der Waals surface area contributed by atoms with E-state index in [4.69, 9.17) is 23.2 Å². The fraction of sp³-hybridized carbons (Fsp3) is 0.154. The summed E-state index contributed by atoms with van der Waals surface area (Å²) in [7, 11) is 1.13. The van der Waals surface area contributed by atoms with Crippen LogP contribution in [-0.2, 0) is 10.9 Å². The molecule has 112 valence electrons. The molecule has 0 saturated heterocycles. The van der Waals surface area contributed by atoms with Crippen molar-refractivity contribution in [1.82, 2.24) is 4.57 Å². The molecule has 0 saturated carbocycles. The monoisotopic (exact) mass is 337 g/mol. The summed E-state index contributed by atoms with van der Waals surface area (Å²) in [5, 5.41) is -0.376. The van der Waals surface area contributed by atoms with Crippen LogP contribution in [0.4, 0.5) is 13.2 Å². The molecule has 3 nitrogen and oxygen atoms in total. The number of nitrogens with zero attached hydrogens (tertiary/aromatic N) is 1. The zero-order chi connectivity index (χ0) is 15.8. The van der Waals surface area contributed by atoms with Crippen LogP contribution in [0.5, 0.6) is 0 Å². The summed E-state index contributed by atoms with van der Waals surface area (Å²) >= 11 is 11.5. The third kappa shape index (κ3) is 3.01. The Labute approximate surface area is 127 Å². The molecule has 2 aromatic rings. The maximum absolute atomic E-state index is 13.2. The molecule has 0 N–H and O–H groups in total. The minimum absolute atomic E-state index is 0.0766. The number of esters is 1. The Bertz CT molecular complexity index is 695. The normalized spacial score (nSPS) is 11.5. The smallest absolute Gasteiger partial charge is 0.418 e. The maximum Gasteiger partial charge on any atom is 0.418 e. The van der Waals surface area contributed by atoms with Gasteiger partial charge in [-0.25, -0.2) is 4.79 Å². The van der Waals surface area contributed by atoms with Crippen molar-refractivity contribution in [3.05, 3.63) is 51.8 Å². The zero-order valence-corrected chi connectivity index (χ0v) is 12.1. The van der Waals surface area contributed by atoms with Crippen LogP contribution in [0.1, 0.15) is 16.1 Å². The van der Waals surface area contributed by atoms with E-state index < -0.39 is 17.7 Å². The van der Waals surface area contributed by atoms with Crippen LogP contribution in [0.2, 0.25) is 10.0 Å². The molecule has 0 aliphatic rings. The predicted octanol–water partition coefficient (Wildman–Crippen LogP) is 4.59. The van der Waals surface area contributed by atoms with Crippen molar-refractivity contribution in [3.63, 3.8) is 0 Å². The number of aromatic nitrogens is 1. The van der Waals surface area contributed by atoms with Gasteiger partial charge in [-0.05, 0) is 24.3 Å². The summed E-state index contributed by atoms with van der Waals surface area (Å²) in [5.41, 5.74) is -1.49. The number of halogens is 5. The summed E-state index contributed by atoms with van der Waals surface area (Å²) in [6, 6.07) is 4.67. The van der Waals surface area contributed by atoms with Crippen LogP contribution >= 0.6 is 23.2 Å². The molecule has 0 spiro atoms. The van der Waals surface area contributed by atoms with E-state index in [1.54, 1.807) is 0 Å². The molecule has 21 heavy (non-hydrogen) atoms. The van der Waals surface area contributed by atoms with Crippen LogP contribution in [-0.4, -0.2) is 17.6 Å². The second-order valence-corrected chi connectivity index (χ2v) is 4.88. The summed E-state index contributed by atoms with van der Waals surface area (Å²) in [6.45, 7) is 0. The van der Waals surface area contributed by atoms with Crippen molar-refractivity contribution >= 4 is 29.2 Å². The van der Waals surface area contributed by atoms with Gasteiger partial charge < -0.3 is 9.30 Å². The standard InChI is InChI=1S/C13H8Cl2F3NO2/c1-21-12(20)10-3-2-4-19(10)11-8(13(16,17)18)5-7(14)6-9(11)15/h2-6H,1H3. The van der Waals surface area contributed by atoms with Crippen molar-refractivity contribution in [3.8, 4) is 5.69 Å². The van der Waals surface area contributed by atoms with Crippen LogP contribution in [0, 0.1) is 0 Å². The number of methoxy groups -OCH3 is 1. The Morgan fingerprint density at radius 2 is 1.95 bits per heavy atom. The van der Waals surface area contributed by atoms with Crippen LogP contribution in [0.15, 0.2) is 30.5 Å². The average molecular weight is 338 g/mol. The molecule has 2 rings (SSSR count). The van der Waals surface area contributed by atoms with Gasteiger partial charge in [0.05, 0.1) is 23.4 Å². The number of ether oxygens (including phenoxy) is 1. The second-order valence-electron chi connectivity index (χ2n) is 4.04. The molecule has 1 aromatic carbocycles. The van der Waals surface area contributed by atoms with E-state index in [9.17, 15) is 18.0 Å². The largest absolute Gasteiger partial charge is 0.464 e.